The molecule has 2 N–H and O–H groups in total. The predicted molar refractivity (Wildman–Crippen MR) is 151 cm³/mol. The van der Waals surface area contributed by atoms with Gasteiger partial charge < -0.3 is 5.73 Å². The first-order chi connectivity index (χ1) is 20.0. The smallest absolute Gasteiger partial charge is 0.134 e. The lowest BCUT2D eigenvalue weighted by Gasteiger charge is -2.03. The van der Waals surface area contributed by atoms with Gasteiger partial charge in [-0.1, -0.05) is 5.11 Å². The maximum Gasteiger partial charge on any atom is 0.134 e. The fourth-order valence-corrected chi connectivity index (χ4v) is 3.74. The highest BCUT2D eigenvalue weighted by Crippen LogP contribution is 2.10. The molecule has 0 aromatic carbocycles. The van der Waals surface area contributed by atoms with Crippen molar-refractivity contribution in [2.75, 3.05) is 13.1 Å². The van der Waals surface area contributed by atoms with Crippen molar-refractivity contribution < 1.29 is 43.2 Å². The van der Waals surface area contributed by atoms with Gasteiger partial charge in [0.2, 0.25) is 0 Å². The van der Waals surface area contributed by atoms with Crippen molar-refractivity contribution in [1.29, 1.82) is 0 Å². The van der Waals surface area contributed by atoms with Crippen LogP contribution in [-0.2, 0) is 43.2 Å². The molecule has 0 amide bonds. The molecule has 0 heterocycles. The fourth-order valence-electron chi connectivity index (χ4n) is 3.74. The van der Waals surface area contributed by atoms with Gasteiger partial charge in [-0.2, -0.15) is 0 Å². The van der Waals surface area contributed by atoms with Crippen molar-refractivity contribution in [2.45, 2.75) is 116 Å². The van der Waals surface area contributed by atoms with Crippen LogP contribution in [0.5, 0.6) is 0 Å². The number of carbonyl (C=O) groups excluding carboxylic acids is 9. The average molecular weight is 591 g/mol. The molecule has 13 heteroatoms. The Kier molecular flexibility index (Phi) is 21.8. The normalized spacial score (nSPS) is 10.4. The number of hydrogen-bond acceptors (Lipinski definition) is 11. The Labute approximate surface area is 245 Å². The molecule has 0 aromatic heterocycles. The molecule has 0 aromatic rings. The molecule has 0 aliphatic rings. The third-order valence-electron chi connectivity index (χ3n) is 6.44. The molecule has 0 rings (SSSR count). The highest BCUT2D eigenvalue weighted by Gasteiger charge is 2.15. The zero-order valence-corrected chi connectivity index (χ0v) is 24.2. The zero-order valence-electron chi connectivity index (χ0n) is 24.2. The van der Waals surface area contributed by atoms with Crippen molar-refractivity contribution >= 4 is 52.0 Å². The van der Waals surface area contributed by atoms with Crippen LogP contribution in [-0.4, -0.2) is 65.1 Å². The monoisotopic (exact) mass is 590 g/mol. The quantitative estimate of drug-likeness (QED) is 0.0757. The van der Waals surface area contributed by atoms with E-state index in [1.807, 2.05) is 0 Å². The SMILES string of the molecule is [N-]=[N+]=NCCC(=O)CCC(=O)CCC(=O)CCC(=O)CCC(=O)CCC(=O)CCC(=O)CCC(=O)CCC(=O)CCN. The third-order valence-corrected chi connectivity index (χ3v) is 6.44. The summed E-state index contributed by atoms with van der Waals surface area (Å²) < 4.78 is 0. The predicted octanol–water partition coefficient (Wildman–Crippen LogP) is 3.40. The van der Waals surface area contributed by atoms with Crippen molar-refractivity contribution in [2.24, 2.45) is 10.8 Å². The van der Waals surface area contributed by atoms with Crippen LogP contribution in [0.25, 0.3) is 10.4 Å². The molecule has 0 saturated carbocycles. The summed E-state index contributed by atoms with van der Waals surface area (Å²) in [5, 5.41) is 3.25. The average Bonchev–Trinajstić information content (AvgIpc) is 2.96. The van der Waals surface area contributed by atoms with E-state index in [9.17, 15) is 43.2 Å². The lowest BCUT2D eigenvalue weighted by Crippen LogP contribution is -2.11. The first-order valence-corrected chi connectivity index (χ1v) is 14.3. The van der Waals surface area contributed by atoms with Crippen LogP contribution in [0.4, 0.5) is 0 Å². The highest BCUT2D eigenvalue weighted by atomic mass is 16.2. The Morgan fingerprint density at radius 1 is 0.381 bits per heavy atom. The molecule has 232 valence electrons. The van der Waals surface area contributed by atoms with Gasteiger partial charge in [0, 0.05) is 127 Å². The summed E-state index contributed by atoms with van der Waals surface area (Å²) in [5.74, 6) is -2.05. The molecule has 0 unspecified atom stereocenters. The van der Waals surface area contributed by atoms with Crippen LogP contribution in [0.1, 0.15) is 116 Å². The molecular weight excluding hydrogens is 548 g/mol. The van der Waals surface area contributed by atoms with E-state index >= 15 is 0 Å². The van der Waals surface area contributed by atoms with Gasteiger partial charge in [-0.15, -0.1) is 0 Å². The van der Waals surface area contributed by atoms with Crippen molar-refractivity contribution in [1.82, 2.24) is 0 Å². The first kappa shape index (κ1) is 38.3. The molecule has 0 atom stereocenters. The molecule has 13 nitrogen and oxygen atoms in total. The van der Waals surface area contributed by atoms with Crippen LogP contribution < -0.4 is 5.73 Å². The number of Topliss-reactive ketones (excluding diaryl/α,β-unsaturated/α-hetero) is 9. The molecule has 0 radical (unpaired) electrons. The standard InChI is InChI=1S/C29H42N4O9/c30-19-17-28(41)15-13-26(39)11-9-24(37)7-5-22(35)3-1-21(34)2-4-23(36)6-8-25(38)10-12-27(40)14-16-29(42)18-20-32-33-31/h1-20,30H2. The molecule has 0 aliphatic heterocycles. The van der Waals surface area contributed by atoms with E-state index in [4.69, 9.17) is 11.3 Å². The molecule has 0 bridgehead atoms. The van der Waals surface area contributed by atoms with Crippen LogP contribution in [0.2, 0.25) is 0 Å². The number of carbonyl (C=O) groups is 9. The highest BCUT2D eigenvalue weighted by molar-refractivity contribution is 5.93. The molecular formula is C29H42N4O9. The second-order valence-corrected chi connectivity index (χ2v) is 10.1. The lowest BCUT2D eigenvalue weighted by atomic mass is 9.99. The summed E-state index contributed by atoms with van der Waals surface area (Å²) in [6, 6.07) is 0. The topological polar surface area (TPSA) is 228 Å². The van der Waals surface area contributed by atoms with E-state index in [2.05, 4.69) is 10.0 Å². The van der Waals surface area contributed by atoms with Crippen LogP contribution in [0.15, 0.2) is 5.11 Å². The van der Waals surface area contributed by atoms with E-state index in [0.717, 1.165) is 0 Å². The van der Waals surface area contributed by atoms with Gasteiger partial charge >= 0.3 is 0 Å². The first-order valence-electron chi connectivity index (χ1n) is 14.3. The van der Waals surface area contributed by atoms with Gasteiger partial charge in [-0.3, -0.25) is 43.2 Å². The Morgan fingerprint density at radius 3 is 0.762 bits per heavy atom. The number of hydrogen-bond donors (Lipinski definition) is 1. The summed E-state index contributed by atoms with van der Waals surface area (Å²) in [6.07, 6.45) is 0.0816. The van der Waals surface area contributed by atoms with Crippen LogP contribution in [0, 0.1) is 0 Å². The maximum absolute atomic E-state index is 12.0. The Balaban J connectivity index is 3.95. The van der Waals surface area contributed by atoms with E-state index in [0.29, 0.717) is 0 Å². The van der Waals surface area contributed by atoms with E-state index < -0.39 is 0 Å². The fraction of sp³-hybridized carbons (Fsp3) is 0.690. The summed E-state index contributed by atoms with van der Waals surface area (Å²) >= 11 is 0. The summed E-state index contributed by atoms with van der Waals surface area (Å²) in [6.45, 7) is 0.270. The van der Waals surface area contributed by atoms with Crippen molar-refractivity contribution in [3.8, 4) is 0 Å². The summed E-state index contributed by atoms with van der Waals surface area (Å²) in [7, 11) is 0. The third kappa shape index (κ3) is 23.0. The van der Waals surface area contributed by atoms with E-state index in [1.165, 1.54) is 0 Å². The number of ketones is 9. The van der Waals surface area contributed by atoms with Gasteiger partial charge in [-0.25, -0.2) is 0 Å². The van der Waals surface area contributed by atoms with E-state index in [1.54, 1.807) is 0 Å². The second kappa shape index (κ2) is 24.0. The molecule has 0 saturated heterocycles. The lowest BCUT2D eigenvalue weighted by molar-refractivity contribution is -0.128. The van der Waals surface area contributed by atoms with Crippen LogP contribution >= 0.6 is 0 Å². The molecule has 0 fully saturated rings. The number of rotatable bonds is 29. The number of nitrogens with two attached hydrogens (primary N) is 1. The number of azide groups is 1. The van der Waals surface area contributed by atoms with Gasteiger partial charge in [0.1, 0.15) is 52.0 Å². The van der Waals surface area contributed by atoms with Gasteiger partial charge in [0.15, 0.2) is 0 Å². The summed E-state index contributed by atoms with van der Waals surface area (Å²) in [5.41, 5.74) is 13.4. The maximum atomic E-state index is 12.0. The summed E-state index contributed by atoms with van der Waals surface area (Å²) in [4.78, 5) is 109. The minimum Gasteiger partial charge on any atom is -0.330 e. The zero-order chi connectivity index (χ0) is 31.8. The minimum absolute atomic E-state index is 0.000682. The van der Waals surface area contributed by atoms with Gasteiger partial charge in [0.25, 0.3) is 0 Å². The molecule has 0 spiro atoms. The Hall–Kier alpha value is -3.70. The van der Waals surface area contributed by atoms with E-state index in [-0.39, 0.29) is 181 Å². The second-order valence-electron chi connectivity index (χ2n) is 10.1. The Morgan fingerprint density at radius 2 is 0.571 bits per heavy atom. The Bertz CT molecular complexity index is 1050. The van der Waals surface area contributed by atoms with Gasteiger partial charge in [0.05, 0.1) is 0 Å². The van der Waals surface area contributed by atoms with Crippen molar-refractivity contribution in [3.05, 3.63) is 10.4 Å². The number of nitrogens with zero attached hydrogens (tertiary/aromatic N) is 3. The largest absolute Gasteiger partial charge is 0.330 e. The van der Waals surface area contributed by atoms with Crippen LogP contribution in [0.3, 0.4) is 0 Å². The van der Waals surface area contributed by atoms with Crippen molar-refractivity contribution in [3.63, 3.8) is 0 Å². The molecule has 42 heavy (non-hydrogen) atoms. The van der Waals surface area contributed by atoms with Gasteiger partial charge in [-0.05, 0) is 12.1 Å². The molecule has 0 aliphatic carbocycles. The minimum atomic E-state index is -0.274.